The highest BCUT2D eigenvalue weighted by atomic mass is 79.9. The number of halogens is 3. The molecule has 0 aliphatic heterocycles. The molecule has 0 radical (unpaired) electrons. The molecule has 0 aliphatic rings. The highest BCUT2D eigenvalue weighted by Gasteiger charge is 2.14. The molecule has 0 unspecified atom stereocenters. The molecule has 1 aromatic heterocycles. The molecule has 4 heteroatoms. The van der Waals surface area contributed by atoms with Crippen molar-refractivity contribution >= 4 is 11.6 Å². The molecule has 0 spiro atoms. The van der Waals surface area contributed by atoms with Crippen LogP contribution in [0.4, 0.5) is 4.39 Å². The van der Waals surface area contributed by atoms with Crippen LogP contribution in [-0.2, 0) is 13.5 Å². The molecular formula is C15H16BrClFN. The minimum absolute atomic E-state index is 0. The summed E-state index contributed by atoms with van der Waals surface area (Å²) in [4.78, 5) is 0. The Kier molecular flexibility index (Phi) is 5.95. The summed E-state index contributed by atoms with van der Waals surface area (Å²) in [5, 5.41) is 0.723. The zero-order valence-corrected chi connectivity index (χ0v) is 13.3. The highest BCUT2D eigenvalue weighted by Crippen LogP contribution is 2.30. The maximum absolute atomic E-state index is 13.3. The fourth-order valence-corrected chi connectivity index (χ4v) is 2.38. The van der Waals surface area contributed by atoms with E-state index in [4.69, 9.17) is 11.6 Å². The molecule has 0 fully saturated rings. The average molecular weight is 345 g/mol. The molecule has 102 valence electrons. The van der Waals surface area contributed by atoms with E-state index in [1.807, 2.05) is 30.1 Å². The predicted octanol–water partition coefficient (Wildman–Crippen LogP) is 0.927. The van der Waals surface area contributed by atoms with Crippen molar-refractivity contribution in [3.63, 3.8) is 0 Å². The Morgan fingerprint density at radius 2 is 2.00 bits per heavy atom. The summed E-state index contributed by atoms with van der Waals surface area (Å²) in [6, 6.07) is 6.53. The molecule has 0 N–H and O–H groups in total. The molecule has 1 aromatic carbocycles. The van der Waals surface area contributed by atoms with Gasteiger partial charge in [0.2, 0.25) is 0 Å². The Morgan fingerprint density at radius 3 is 2.63 bits per heavy atom. The van der Waals surface area contributed by atoms with Crippen molar-refractivity contribution in [3.05, 3.63) is 53.1 Å². The predicted molar refractivity (Wildman–Crippen MR) is 72.0 cm³/mol. The fraction of sp³-hybridized carbons (Fsp3) is 0.267. The molecule has 0 atom stereocenters. The molecule has 0 bridgehead atoms. The summed E-state index contributed by atoms with van der Waals surface area (Å²) in [5.74, 6) is -0.243. The quantitative estimate of drug-likeness (QED) is 0.729. The third kappa shape index (κ3) is 3.77. The van der Waals surface area contributed by atoms with Crippen LogP contribution in [0.1, 0.15) is 18.9 Å². The first-order valence-electron chi connectivity index (χ1n) is 6.05. The molecule has 0 aliphatic carbocycles. The minimum atomic E-state index is -0.243. The van der Waals surface area contributed by atoms with Crippen LogP contribution in [0.3, 0.4) is 0 Å². The first-order valence-corrected chi connectivity index (χ1v) is 6.43. The number of aromatic nitrogens is 1. The maximum atomic E-state index is 13.3. The van der Waals surface area contributed by atoms with Crippen molar-refractivity contribution in [2.75, 3.05) is 0 Å². The Balaban J connectivity index is 0.00000180. The van der Waals surface area contributed by atoms with Gasteiger partial charge >= 0.3 is 0 Å². The van der Waals surface area contributed by atoms with Gasteiger partial charge in [0.25, 0.3) is 0 Å². The van der Waals surface area contributed by atoms with Gasteiger partial charge in [0.1, 0.15) is 12.9 Å². The van der Waals surface area contributed by atoms with Crippen molar-refractivity contribution in [2.45, 2.75) is 19.8 Å². The van der Waals surface area contributed by atoms with Gasteiger partial charge in [0.05, 0.1) is 10.6 Å². The van der Waals surface area contributed by atoms with Crippen LogP contribution >= 0.6 is 11.6 Å². The van der Waals surface area contributed by atoms with E-state index in [0.717, 1.165) is 34.6 Å². The Morgan fingerprint density at radius 1 is 1.26 bits per heavy atom. The largest absolute Gasteiger partial charge is 1.00 e. The summed E-state index contributed by atoms with van der Waals surface area (Å²) in [7, 11) is 1.96. The number of hydrogen-bond donors (Lipinski definition) is 0. The van der Waals surface area contributed by atoms with Crippen molar-refractivity contribution < 1.29 is 25.9 Å². The van der Waals surface area contributed by atoms with E-state index in [1.54, 1.807) is 6.07 Å². The molecule has 1 heterocycles. The number of nitrogens with zero attached hydrogens (tertiary/aromatic N) is 1. The number of hydrogen-bond acceptors (Lipinski definition) is 0. The second-order valence-electron chi connectivity index (χ2n) is 4.44. The normalized spacial score (nSPS) is 10.1. The third-order valence-electron chi connectivity index (χ3n) is 2.87. The van der Waals surface area contributed by atoms with Crippen molar-refractivity contribution in [3.8, 4) is 11.1 Å². The van der Waals surface area contributed by atoms with Crippen molar-refractivity contribution in [2.24, 2.45) is 7.05 Å². The zero-order chi connectivity index (χ0) is 13.1. The van der Waals surface area contributed by atoms with Crippen LogP contribution in [0.25, 0.3) is 11.1 Å². The number of pyridine rings is 1. The second kappa shape index (κ2) is 7.01. The van der Waals surface area contributed by atoms with Gasteiger partial charge in [0, 0.05) is 5.56 Å². The number of rotatable bonds is 3. The molecule has 0 saturated heterocycles. The SMILES string of the molecule is CCCc1c[n+](C)cc(-c2cccc(F)c2)c1Cl.[Br-]. The minimum Gasteiger partial charge on any atom is -1.00 e. The lowest BCUT2D eigenvalue weighted by Crippen LogP contribution is -3.00. The van der Waals surface area contributed by atoms with Gasteiger partial charge in [0.15, 0.2) is 12.4 Å². The van der Waals surface area contributed by atoms with Crippen LogP contribution in [0.2, 0.25) is 5.02 Å². The van der Waals surface area contributed by atoms with E-state index in [-0.39, 0.29) is 22.8 Å². The number of aryl methyl sites for hydroxylation is 2. The fourth-order valence-electron chi connectivity index (χ4n) is 2.07. The first kappa shape index (κ1) is 16.1. The molecule has 0 saturated carbocycles. The van der Waals surface area contributed by atoms with Gasteiger partial charge in [-0.05, 0) is 24.1 Å². The van der Waals surface area contributed by atoms with E-state index < -0.39 is 0 Å². The van der Waals surface area contributed by atoms with Gasteiger partial charge in [-0.25, -0.2) is 8.96 Å². The van der Waals surface area contributed by atoms with Crippen molar-refractivity contribution in [1.29, 1.82) is 0 Å². The molecule has 2 rings (SSSR count). The lowest BCUT2D eigenvalue weighted by Gasteiger charge is -2.07. The van der Waals surface area contributed by atoms with Crippen LogP contribution in [0, 0.1) is 5.82 Å². The smallest absolute Gasteiger partial charge is 0.177 e. The second-order valence-corrected chi connectivity index (χ2v) is 4.81. The van der Waals surface area contributed by atoms with Gasteiger partial charge in [-0.2, -0.15) is 0 Å². The van der Waals surface area contributed by atoms with Crippen LogP contribution in [0.15, 0.2) is 36.7 Å². The topological polar surface area (TPSA) is 3.88 Å². The first-order chi connectivity index (χ1) is 8.61. The summed E-state index contributed by atoms with van der Waals surface area (Å²) in [6.07, 6.45) is 5.91. The van der Waals surface area contributed by atoms with E-state index in [0.29, 0.717) is 0 Å². The van der Waals surface area contributed by atoms with Crippen LogP contribution in [-0.4, -0.2) is 0 Å². The lowest BCUT2D eigenvalue weighted by atomic mass is 10.0. The summed E-state index contributed by atoms with van der Waals surface area (Å²) >= 11 is 6.41. The van der Waals surface area contributed by atoms with E-state index in [2.05, 4.69) is 6.92 Å². The summed E-state index contributed by atoms with van der Waals surface area (Å²) in [6.45, 7) is 2.12. The van der Waals surface area contributed by atoms with E-state index >= 15 is 0 Å². The van der Waals surface area contributed by atoms with Gasteiger partial charge in [-0.3, -0.25) is 0 Å². The maximum Gasteiger partial charge on any atom is 0.177 e. The average Bonchev–Trinajstić information content (AvgIpc) is 2.33. The van der Waals surface area contributed by atoms with Gasteiger partial charge in [-0.15, -0.1) is 0 Å². The molecule has 2 aromatic rings. The molecule has 19 heavy (non-hydrogen) atoms. The van der Waals surface area contributed by atoms with Crippen molar-refractivity contribution in [1.82, 2.24) is 0 Å². The lowest BCUT2D eigenvalue weighted by molar-refractivity contribution is -0.671. The Labute approximate surface area is 128 Å². The Hall–Kier alpha value is -0.930. The molecule has 1 nitrogen and oxygen atoms in total. The molecule has 0 amide bonds. The van der Waals surface area contributed by atoms with Gasteiger partial charge in [-0.1, -0.05) is 37.1 Å². The molecular weight excluding hydrogens is 329 g/mol. The third-order valence-corrected chi connectivity index (χ3v) is 3.31. The zero-order valence-electron chi connectivity index (χ0n) is 11.0. The highest BCUT2D eigenvalue weighted by molar-refractivity contribution is 6.34. The van der Waals surface area contributed by atoms with Gasteiger partial charge < -0.3 is 17.0 Å². The summed E-state index contributed by atoms with van der Waals surface area (Å²) in [5.41, 5.74) is 2.79. The van der Waals surface area contributed by atoms with E-state index in [1.165, 1.54) is 12.1 Å². The Bertz CT molecular complexity index is 572. The van der Waals surface area contributed by atoms with Crippen LogP contribution in [0.5, 0.6) is 0 Å². The number of benzene rings is 1. The monoisotopic (exact) mass is 343 g/mol. The standard InChI is InChI=1S/C15H16ClFN.BrH/c1-3-5-12-9-18(2)10-14(15(12)16)11-6-4-7-13(17)8-11;/h4,6-10H,3,5H2,1-2H3;1H/q+1;/p-1. The van der Waals surface area contributed by atoms with Crippen LogP contribution < -0.4 is 21.5 Å². The van der Waals surface area contributed by atoms with E-state index in [9.17, 15) is 4.39 Å². The summed E-state index contributed by atoms with van der Waals surface area (Å²) < 4.78 is 15.3.